The number of aromatic nitrogens is 2. The average Bonchev–Trinajstić information content (AvgIpc) is 2.86. The van der Waals surface area contributed by atoms with Gasteiger partial charge in [-0.2, -0.15) is 5.10 Å². The zero-order valence-corrected chi connectivity index (χ0v) is 13.0. The number of nitrogens with zero attached hydrogens (tertiary/aromatic N) is 3. The number of hydrogen-bond donors (Lipinski definition) is 0. The van der Waals surface area contributed by atoms with Crippen LogP contribution in [0.3, 0.4) is 0 Å². The second kappa shape index (κ2) is 7.07. The van der Waals surface area contributed by atoms with E-state index in [4.69, 9.17) is 0 Å². The van der Waals surface area contributed by atoms with E-state index in [1.54, 1.807) is 0 Å². The molecule has 0 saturated carbocycles. The van der Waals surface area contributed by atoms with Crippen LogP contribution in [-0.2, 0) is 0 Å². The van der Waals surface area contributed by atoms with Gasteiger partial charge in [0.2, 0.25) is 0 Å². The van der Waals surface area contributed by atoms with Gasteiger partial charge in [-0.15, -0.1) is 0 Å². The van der Waals surface area contributed by atoms with E-state index in [1.165, 1.54) is 0 Å². The molecule has 0 bridgehead atoms. The number of carbonyl (C=O) groups excluding carboxylic acids is 1. The minimum Gasteiger partial charge on any atom is -0.356 e. The summed E-state index contributed by atoms with van der Waals surface area (Å²) < 4.78 is 1.89. The smallest absolute Gasteiger partial charge is 0.155 e. The van der Waals surface area contributed by atoms with Gasteiger partial charge in [-0.1, -0.05) is 31.5 Å². The van der Waals surface area contributed by atoms with Crippen LogP contribution in [0.2, 0.25) is 0 Å². The van der Waals surface area contributed by atoms with E-state index in [2.05, 4.69) is 23.8 Å². The van der Waals surface area contributed by atoms with Gasteiger partial charge in [0.25, 0.3) is 0 Å². The number of carbonyl (C=O) groups is 1. The second-order valence-corrected chi connectivity index (χ2v) is 5.12. The number of aldehydes is 1. The summed E-state index contributed by atoms with van der Waals surface area (Å²) in [6, 6.07) is 9.98. The van der Waals surface area contributed by atoms with Gasteiger partial charge in [0.15, 0.2) is 6.29 Å². The van der Waals surface area contributed by atoms with E-state index in [0.29, 0.717) is 5.56 Å². The molecule has 4 heteroatoms. The molecule has 0 atom stereocenters. The number of anilines is 1. The van der Waals surface area contributed by atoms with Crippen molar-refractivity contribution in [3.8, 4) is 5.69 Å². The van der Waals surface area contributed by atoms with Gasteiger partial charge in [-0.3, -0.25) is 4.79 Å². The van der Waals surface area contributed by atoms with E-state index in [0.717, 1.165) is 49.4 Å². The van der Waals surface area contributed by atoms with Crippen molar-refractivity contribution < 1.29 is 4.79 Å². The average molecular weight is 285 g/mol. The summed E-state index contributed by atoms with van der Waals surface area (Å²) in [6.45, 7) is 7.97. The fraction of sp³-hybridized carbons (Fsp3) is 0.412. The maximum Gasteiger partial charge on any atom is 0.155 e. The molecule has 2 rings (SSSR count). The molecule has 0 fully saturated rings. The lowest BCUT2D eigenvalue weighted by Gasteiger charge is -2.24. The van der Waals surface area contributed by atoms with Crippen molar-refractivity contribution in [2.75, 3.05) is 18.0 Å². The molecule has 1 aromatic heterocycles. The highest BCUT2D eigenvalue weighted by atomic mass is 16.1. The quantitative estimate of drug-likeness (QED) is 0.729. The first-order valence-electron chi connectivity index (χ1n) is 7.58. The van der Waals surface area contributed by atoms with E-state index >= 15 is 0 Å². The van der Waals surface area contributed by atoms with E-state index in [-0.39, 0.29) is 0 Å². The summed E-state index contributed by atoms with van der Waals surface area (Å²) in [6.07, 6.45) is 3.16. The van der Waals surface area contributed by atoms with Gasteiger partial charge < -0.3 is 4.90 Å². The third kappa shape index (κ3) is 3.15. The number of aryl methyl sites for hydroxylation is 1. The Morgan fingerprint density at radius 3 is 2.52 bits per heavy atom. The predicted molar refractivity (Wildman–Crippen MR) is 86.5 cm³/mol. The molecule has 1 aromatic carbocycles. The van der Waals surface area contributed by atoms with Gasteiger partial charge >= 0.3 is 0 Å². The van der Waals surface area contributed by atoms with Gasteiger partial charge in [0.1, 0.15) is 5.82 Å². The number of hydrogen-bond acceptors (Lipinski definition) is 3. The first-order chi connectivity index (χ1) is 10.2. The summed E-state index contributed by atoms with van der Waals surface area (Å²) in [5.74, 6) is 0.907. The maximum atomic E-state index is 11.5. The third-order valence-electron chi connectivity index (χ3n) is 3.66. The Kier molecular flexibility index (Phi) is 5.14. The molecule has 4 nitrogen and oxygen atoms in total. The Balaban J connectivity index is 2.53. The van der Waals surface area contributed by atoms with Gasteiger partial charge in [0, 0.05) is 13.1 Å². The predicted octanol–water partition coefficient (Wildman–Crippen LogP) is 3.62. The zero-order valence-electron chi connectivity index (χ0n) is 13.0. The van der Waals surface area contributed by atoms with Crippen LogP contribution in [0, 0.1) is 6.92 Å². The monoisotopic (exact) mass is 285 g/mol. The molecule has 0 spiro atoms. The van der Waals surface area contributed by atoms with E-state index in [1.807, 2.05) is 41.9 Å². The van der Waals surface area contributed by atoms with Crippen LogP contribution < -0.4 is 4.90 Å². The molecular weight excluding hydrogens is 262 g/mol. The molecule has 0 aliphatic carbocycles. The lowest BCUT2D eigenvalue weighted by Crippen LogP contribution is -2.27. The van der Waals surface area contributed by atoms with Crippen molar-refractivity contribution in [1.29, 1.82) is 0 Å². The maximum absolute atomic E-state index is 11.5. The highest BCUT2D eigenvalue weighted by Crippen LogP contribution is 2.26. The van der Waals surface area contributed by atoms with Gasteiger partial charge in [-0.05, 0) is 32.4 Å². The molecule has 0 N–H and O–H groups in total. The van der Waals surface area contributed by atoms with Crippen LogP contribution in [-0.4, -0.2) is 29.2 Å². The van der Waals surface area contributed by atoms with Crippen molar-refractivity contribution >= 4 is 12.1 Å². The molecule has 21 heavy (non-hydrogen) atoms. The normalized spacial score (nSPS) is 10.6. The summed E-state index contributed by atoms with van der Waals surface area (Å²) in [5.41, 5.74) is 2.45. The Labute approximate surface area is 126 Å². The lowest BCUT2D eigenvalue weighted by molar-refractivity contribution is 0.112. The SMILES string of the molecule is CCCCN(CC)c1c(C=O)c(C)nn1-c1ccccc1. The topological polar surface area (TPSA) is 38.1 Å². The van der Waals surface area contributed by atoms with Crippen LogP contribution in [0.4, 0.5) is 5.82 Å². The van der Waals surface area contributed by atoms with Crippen molar-refractivity contribution in [1.82, 2.24) is 9.78 Å². The molecule has 0 saturated heterocycles. The van der Waals surface area contributed by atoms with Crippen molar-refractivity contribution in [2.45, 2.75) is 33.6 Å². The summed E-state index contributed by atoms with van der Waals surface area (Å²) >= 11 is 0. The minimum absolute atomic E-state index is 0.691. The molecular formula is C17H23N3O. The van der Waals surface area contributed by atoms with Crippen LogP contribution in [0.25, 0.3) is 5.69 Å². The third-order valence-corrected chi connectivity index (χ3v) is 3.66. The lowest BCUT2D eigenvalue weighted by atomic mass is 10.2. The molecule has 1 heterocycles. The Hall–Kier alpha value is -2.10. The van der Waals surface area contributed by atoms with Crippen LogP contribution in [0.5, 0.6) is 0 Å². The molecule has 112 valence electrons. The van der Waals surface area contributed by atoms with Crippen molar-refractivity contribution in [2.24, 2.45) is 0 Å². The van der Waals surface area contributed by atoms with Crippen molar-refractivity contribution in [3.63, 3.8) is 0 Å². The van der Waals surface area contributed by atoms with Gasteiger partial charge in [-0.25, -0.2) is 4.68 Å². The summed E-state index contributed by atoms with van der Waals surface area (Å²) in [5, 5.41) is 4.57. The Bertz CT molecular complexity index is 590. The van der Waals surface area contributed by atoms with E-state index < -0.39 is 0 Å². The standard InChI is InChI=1S/C17H23N3O/c1-4-6-12-19(5-2)17-16(13-21)14(3)18-20(17)15-10-8-7-9-11-15/h7-11,13H,4-6,12H2,1-3H3. The largest absolute Gasteiger partial charge is 0.356 e. The van der Waals surface area contributed by atoms with Crippen LogP contribution in [0.15, 0.2) is 30.3 Å². The molecule has 0 aliphatic heterocycles. The first-order valence-corrected chi connectivity index (χ1v) is 7.58. The first kappa shape index (κ1) is 15.3. The second-order valence-electron chi connectivity index (χ2n) is 5.12. The minimum atomic E-state index is 0.691. The summed E-state index contributed by atoms with van der Waals surface area (Å²) in [4.78, 5) is 13.7. The molecule has 0 radical (unpaired) electrons. The number of unbranched alkanes of at least 4 members (excludes halogenated alkanes) is 1. The van der Waals surface area contributed by atoms with Gasteiger partial charge in [0.05, 0.1) is 16.9 Å². The molecule has 0 unspecified atom stereocenters. The highest BCUT2D eigenvalue weighted by molar-refractivity contribution is 5.85. The highest BCUT2D eigenvalue weighted by Gasteiger charge is 2.20. The molecule has 0 amide bonds. The van der Waals surface area contributed by atoms with Crippen molar-refractivity contribution in [3.05, 3.63) is 41.6 Å². The van der Waals surface area contributed by atoms with Crippen LogP contribution >= 0.6 is 0 Å². The fourth-order valence-electron chi connectivity index (χ4n) is 2.48. The fourth-order valence-corrected chi connectivity index (χ4v) is 2.48. The molecule has 2 aromatic rings. The summed E-state index contributed by atoms with van der Waals surface area (Å²) in [7, 11) is 0. The Morgan fingerprint density at radius 2 is 1.95 bits per heavy atom. The number of benzene rings is 1. The Morgan fingerprint density at radius 1 is 1.24 bits per heavy atom. The van der Waals surface area contributed by atoms with E-state index in [9.17, 15) is 4.79 Å². The number of para-hydroxylation sites is 1. The zero-order chi connectivity index (χ0) is 15.2. The molecule has 0 aliphatic rings. The van der Waals surface area contributed by atoms with Crippen LogP contribution in [0.1, 0.15) is 42.7 Å². The number of rotatable bonds is 7.